The number of non-ortho nitro benzene ring substituents is 1. The van der Waals surface area contributed by atoms with Gasteiger partial charge in [-0.2, -0.15) is 0 Å². The van der Waals surface area contributed by atoms with Gasteiger partial charge in [-0.25, -0.2) is 4.98 Å². The highest BCUT2D eigenvalue weighted by Gasteiger charge is 2.42. The Morgan fingerprint density at radius 2 is 2.07 bits per heavy atom. The van der Waals surface area contributed by atoms with Crippen LogP contribution in [0.4, 0.5) is 11.5 Å². The largest absolute Gasteiger partial charge is 0.343 e. The van der Waals surface area contributed by atoms with Crippen LogP contribution in [0, 0.1) is 16.0 Å². The molecule has 150 valence electrons. The second-order valence-electron chi connectivity index (χ2n) is 7.40. The number of allylic oxidation sites excluding steroid dienone is 2. The minimum absolute atomic E-state index is 0.0113. The van der Waals surface area contributed by atoms with Crippen molar-refractivity contribution < 1.29 is 9.72 Å². The molecule has 2 N–H and O–H groups in total. The maximum Gasteiger partial charge on any atom is 0.269 e. The molecule has 0 amide bonds. The molecule has 29 heavy (non-hydrogen) atoms. The lowest BCUT2D eigenvalue weighted by molar-refractivity contribution is -0.384. The number of carbonyl (C=O) groups is 1. The molecule has 2 heterocycles. The van der Waals surface area contributed by atoms with Gasteiger partial charge in [0, 0.05) is 35.4 Å². The SMILES string of the molecule is CC(C)Sc1nc2c(c(=O)[nH]1)[C@H](c1cccc([N+](=O)[O-])c1)[C@H]1C(=O)CCC=C1N2. The summed E-state index contributed by atoms with van der Waals surface area (Å²) >= 11 is 1.44. The van der Waals surface area contributed by atoms with E-state index in [0.29, 0.717) is 40.6 Å². The van der Waals surface area contributed by atoms with E-state index in [9.17, 15) is 19.7 Å². The second-order valence-corrected chi connectivity index (χ2v) is 8.96. The summed E-state index contributed by atoms with van der Waals surface area (Å²) in [6, 6.07) is 6.14. The number of ketones is 1. The van der Waals surface area contributed by atoms with E-state index in [4.69, 9.17) is 0 Å². The Morgan fingerprint density at radius 3 is 2.79 bits per heavy atom. The van der Waals surface area contributed by atoms with Crippen molar-refractivity contribution in [2.75, 3.05) is 5.32 Å². The number of nitro groups is 1. The number of benzene rings is 1. The number of hydrogen-bond acceptors (Lipinski definition) is 7. The number of fused-ring (bicyclic) bond motifs is 2. The lowest BCUT2D eigenvalue weighted by atomic mass is 9.72. The molecule has 0 radical (unpaired) electrons. The van der Waals surface area contributed by atoms with E-state index >= 15 is 0 Å². The molecule has 1 aromatic carbocycles. The third-order valence-corrected chi connectivity index (χ3v) is 5.95. The van der Waals surface area contributed by atoms with Crippen LogP contribution in [0.25, 0.3) is 0 Å². The topological polar surface area (TPSA) is 118 Å². The molecule has 0 spiro atoms. The van der Waals surface area contributed by atoms with Crippen LogP contribution in [0.2, 0.25) is 0 Å². The first-order chi connectivity index (χ1) is 13.8. The minimum atomic E-state index is -0.625. The molecular weight excluding hydrogens is 392 g/mol. The van der Waals surface area contributed by atoms with Crippen LogP contribution in [0.1, 0.15) is 43.7 Å². The third-order valence-electron chi connectivity index (χ3n) is 5.07. The van der Waals surface area contributed by atoms with E-state index in [1.165, 1.54) is 23.9 Å². The number of nitrogens with one attached hydrogen (secondary N) is 2. The van der Waals surface area contributed by atoms with Crippen molar-refractivity contribution in [1.82, 2.24) is 9.97 Å². The summed E-state index contributed by atoms with van der Waals surface area (Å²) in [5.74, 6) is -0.785. The second kappa shape index (κ2) is 7.47. The van der Waals surface area contributed by atoms with Crippen LogP contribution in [0.5, 0.6) is 0 Å². The van der Waals surface area contributed by atoms with Crippen molar-refractivity contribution in [2.45, 2.75) is 43.0 Å². The molecule has 1 aromatic heterocycles. The molecule has 0 saturated heterocycles. The van der Waals surface area contributed by atoms with Crippen LogP contribution in [0.3, 0.4) is 0 Å². The predicted molar refractivity (Wildman–Crippen MR) is 110 cm³/mol. The lowest BCUT2D eigenvalue weighted by Gasteiger charge is -2.36. The van der Waals surface area contributed by atoms with Gasteiger partial charge < -0.3 is 10.3 Å². The van der Waals surface area contributed by atoms with Gasteiger partial charge in [0.2, 0.25) is 0 Å². The molecule has 0 saturated carbocycles. The molecule has 0 unspecified atom stereocenters. The number of carbonyl (C=O) groups excluding carboxylic acids is 1. The van der Waals surface area contributed by atoms with E-state index in [0.717, 1.165) is 0 Å². The summed E-state index contributed by atoms with van der Waals surface area (Å²) in [6.45, 7) is 4.00. The van der Waals surface area contributed by atoms with Crippen molar-refractivity contribution in [3.8, 4) is 0 Å². The van der Waals surface area contributed by atoms with Crippen LogP contribution >= 0.6 is 11.8 Å². The highest BCUT2D eigenvalue weighted by molar-refractivity contribution is 7.99. The summed E-state index contributed by atoms with van der Waals surface area (Å²) < 4.78 is 0. The smallest absolute Gasteiger partial charge is 0.269 e. The molecule has 0 bridgehead atoms. The number of rotatable bonds is 4. The third kappa shape index (κ3) is 3.57. The standard InChI is InChI=1S/C20H20N4O4S/c1-10(2)29-20-22-18-17(19(26)23-20)15(11-5-3-6-12(9-11)24(27)28)16-13(21-18)7-4-8-14(16)25/h3,5-7,9-10,15-16H,4,8H2,1-2H3,(H2,21,22,23,26)/t15-,16-/m1/s1. The van der Waals surface area contributed by atoms with Crippen LogP contribution in [-0.2, 0) is 4.79 Å². The molecular formula is C20H20N4O4S. The van der Waals surface area contributed by atoms with Crippen LogP contribution < -0.4 is 10.9 Å². The highest BCUT2D eigenvalue weighted by Crippen LogP contribution is 2.45. The summed E-state index contributed by atoms with van der Waals surface area (Å²) in [7, 11) is 0. The average molecular weight is 412 g/mol. The molecule has 8 nitrogen and oxygen atoms in total. The van der Waals surface area contributed by atoms with E-state index in [-0.39, 0.29) is 22.3 Å². The van der Waals surface area contributed by atoms with Crippen molar-refractivity contribution >= 4 is 29.1 Å². The van der Waals surface area contributed by atoms with Gasteiger partial charge in [0.25, 0.3) is 11.2 Å². The first kappa shape index (κ1) is 19.4. The van der Waals surface area contributed by atoms with Crippen molar-refractivity contribution in [1.29, 1.82) is 0 Å². The Bertz CT molecular complexity index is 1090. The number of aromatic amines is 1. The van der Waals surface area contributed by atoms with Gasteiger partial charge >= 0.3 is 0 Å². The number of H-pyrrole nitrogens is 1. The molecule has 0 fully saturated rings. The van der Waals surface area contributed by atoms with Crippen molar-refractivity contribution in [3.63, 3.8) is 0 Å². The molecule has 1 aliphatic carbocycles. The molecule has 2 aliphatic rings. The number of anilines is 1. The Labute approximate surface area is 171 Å². The summed E-state index contributed by atoms with van der Waals surface area (Å²) in [5, 5.41) is 15.2. The fourth-order valence-corrected chi connectivity index (χ4v) is 4.68. The Balaban J connectivity index is 1.93. The van der Waals surface area contributed by atoms with Gasteiger partial charge in [-0.05, 0) is 12.0 Å². The molecule has 2 atom stereocenters. The van der Waals surface area contributed by atoms with Crippen molar-refractivity contribution in [3.05, 3.63) is 67.6 Å². The van der Waals surface area contributed by atoms with Gasteiger partial charge in [-0.15, -0.1) is 0 Å². The van der Waals surface area contributed by atoms with E-state index < -0.39 is 16.8 Å². The Hall–Kier alpha value is -2.94. The number of Topliss-reactive ketones (excluding diaryl/α,β-unsaturated/α-hetero) is 1. The maximum absolute atomic E-state index is 13.0. The monoisotopic (exact) mass is 412 g/mol. The number of nitro benzene ring substituents is 1. The number of aromatic nitrogens is 2. The summed E-state index contributed by atoms with van der Waals surface area (Å²) in [5.41, 5.74) is 1.21. The van der Waals surface area contributed by atoms with Gasteiger partial charge in [0.05, 0.1) is 16.4 Å². The quantitative estimate of drug-likeness (QED) is 0.341. The zero-order valence-electron chi connectivity index (χ0n) is 16.0. The number of hydrogen-bond donors (Lipinski definition) is 2. The zero-order valence-corrected chi connectivity index (χ0v) is 16.8. The van der Waals surface area contributed by atoms with Gasteiger partial charge in [-0.3, -0.25) is 19.7 Å². The fraction of sp³-hybridized carbons (Fsp3) is 0.350. The first-order valence-corrected chi connectivity index (χ1v) is 10.3. The lowest BCUT2D eigenvalue weighted by Crippen LogP contribution is -2.38. The van der Waals surface area contributed by atoms with E-state index in [1.807, 2.05) is 19.9 Å². The minimum Gasteiger partial charge on any atom is -0.343 e. The number of thioether (sulfide) groups is 1. The van der Waals surface area contributed by atoms with Gasteiger partial charge in [0.1, 0.15) is 11.6 Å². The van der Waals surface area contributed by atoms with E-state index in [1.54, 1.807) is 12.1 Å². The van der Waals surface area contributed by atoms with Crippen LogP contribution in [-0.4, -0.2) is 25.9 Å². The predicted octanol–water partition coefficient (Wildman–Crippen LogP) is 3.60. The van der Waals surface area contributed by atoms with Gasteiger partial charge in [-0.1, -0.05) is 43.8 Å². The van der Waals surface area contributed by atoms with Gasteiger partial charge in [0.15, 0.2) is 5.16 Å². The number of nitrogens with zero attached hydrogens (tertiary/aromatic N) is 2. The fourth-order valence-electron chi connectivity index (χ4n) is 3.94. The normalized spacial score (nSPS) is 20.5. The summed E-state index contributed by atoms with van der Waals surface area (Å²) in [6.07, 6.45) is 2.95. The molecule has 4 rings (SSSR count). The van der Waals surface area contributed by atoms with Crippen LogP contribution in [0.15, 0.2) is 46.0 Å². The molecule has 9 heteroatoms. The Kier molecular flexibility index (Phi) is 4.99. The molecule has 2 aromatic rings. The van der Waals surface area contributed by atoms with E-state index in [2.05, 4.69) is 15.3 Å². The Morgan fingerprint density at radius 1 is 1.28 bits per heavy atom. The maximum atomic E-state index is 13.0. The average Bonchev–Trinajstić information content (AvgIpc) is 2.66. The summed E-state index contributed by atoms with van der Waals surface area (Å²) in [4.78, 5) is 44.0. The highest BCUT2D eigenvalue weighted by atomic mass is 32.2. The van der Waals surface area contributed by atoms with Crippen molar-refractivity contribution in [2.24, 2.45) is 5.92 Å². The molecule has 1 aliphatic heterocycles. The zero-order chi connectivity index (χ0) is 20.7. The first-order valence-electron chi connectivity index (χ1n) is 9.40.